The van der Waals surface area contributed by atoms with E-state index in [0.717, 1.165) is 24.4 Å². The van der Waals surface area contributed by atoms with Crippen LogP contribution in [0.4, 0.5) is 0 Å². The third-order valence-electron chi connectivity index (χ3n) is 2.38. The lowest BCUT2D eigenvalue weighted by Crippen LogP contribution is -2.19. The Morgan fingerprint density at radius 2 is 2.18 bits per heavy atom. The highest BCUT2D eigenvalue weighted by atomic mass is 32.2. The Labute approximate surface area is 72.9 Å². The van der Waals surface area contributed by atoms with Gasteiger partial charge in [0.1, 0.15) is 0 Å². The van der Waals surface area contributed by atoms with E-state index in [9.17, 15) is 0 Å². The molecule has 1 aliphatic carbocycles. The van der Waals surface area contributed by atoms with Gasteiger partial charge in [0.25, 0.3) is 0 Å². The Kier molecular flexibility index (Phi) is 2.75. The fourth-order valence-corrected chi connectivity index (χ4v) is 2.80. The zero-order chi connectivity index (χ0) is 7.52. The standard InChI is InChI=1S/C9H16OS/c1-2-9(6-10-5-1)11-7-8-3-4-8/h8-9H,1-7H2. The minimum Gasteiger partial charge on any atom is -0.380 e. The van der Waals surface area contributed by atoms with Crippen LogP contribution in [0.1, 0.15) is 25.7 Å². The van der Waals surface area contributed by atoms with Crippen molar-refractivity contribution in [2.45, 2.75) is 30.9 Å². The quantitative estimate of drug-likeness (QED) is 0.646. The van der Waals surface area contributed by atoms with E-state index in [4.69, 9.17) is 4.74 Å². The average Bonchev–Trinajstić information content (AvgIpc) is 2.86. The highest BCUT2D eigenvalue weighted by molar-refractivity contribution is 7.99. The Hall–Kier alpha value is 0.310. The van der Waals surface area contributed by atoms with Gasteiger partial charge in [-0.2, -0.15) is 11.8 Å². The van der Waals surface area contributed by atoms with Crippen molar-refractivity contribution in [3.63, 3.8) is 0 Å². The summed E-state index contributed by atoms with van der Waals surface area (Å²) in [7, 11) is 0. The zero-order valence-corrected chi connectivity index (χ0v) is 7.74. The fourth-order valence-electron chi connectivity index (χ4n) is 1.40. The van der Waals surface area contributed by atoms with Gasteiger partial charge in [0, 0.05) is 11.9 Å². The third kappa shape index (κ3) is 2.68. The van der Waals surface area contributed by atoms with Crippen molar-refractivity contribution in [2.24, 2.45) is 5.92 Å². The number of hydrogen-bond acceptors (Lipinski definition) is 2. The maximum Gasteiger partial charge on any atom is 0.0585 e. The molecule has 1 aliphatic heterocycles. The summed E-state index contributed by atoms with van der Waals surface area (Å²) in [4.78, 5) is 0. The lowest BCUT2D eigenvalue weighted by atomic mass is 10.2. The second-order valence-corrected chi connectivity index (χ2v) is 4.95. The van der Waals surface area contributed by atoms with Crippen LogP contribution >= 0.6 is 11.8 Å². The molecule has 1 saturated carbocycles. The van der Waals surface area contributed by atoms with Crippen molar-refractivity contribution in [3.05, 3.63) is 0 Å². The van der Waals surface area contributed by atoms with Crippen molar-refractivity contribution in [2.75, 3.05) is 19.0 Å². The molecule has 1 unspecified atom stereocenters. The van der Waals surface area contributed by atoms with E-state index in [1.807, 2.05) is 0 Å². The van der Waals surface area contributed by atoms with Crippen LogP contribution < -0.4 is 0 Å². The molecule has 64 valence electrons. The van der Waals surface area contributed by atoms with Gasteiger partial charge in [-0.3, -0.25) is 0 Å². The lowest BCUT2D eigenvalue weighted by Gasteiger charge is -2.21. The summed E-state index contributed by atoms with van der Waals surface area (Å²) < 4.78 is 5.41. The van der Waals surface area contributed by atoms with Crippen molar-refractivity contribution in [3.8, 4) is 0 Å². The van der Waals surface area contributed by atoms with Crippen LogP contribution in [0.15, 0.2) is 0 Å². The second-order valence-electron chi connectivity index (χ2n) is 3.62. The number of ether oxygens (including phenoxy) is 1. The Morgan fingerprint density at radius 1 is 1.27 bits per heavy atom. The largest absolute Gasteiger partial charge is 0.380 e. The predicted molar refractivity (Wildman–Crippen MR) is 49.0 cm³/mol. The Morgan fingerprint density at radius 3 is 2.82 bits per heavy atom. The van der Waals surface area contributed by atoms with Crippen LogP contribution in [0.3, 0.4) is 0 Å². The molecule has 2 aliphatic rings. The maximum absolute atomic E-state index is 5.41. The molecular weight excluding hydrogens is 156 g/mol. The normalized spacial score (nSPS) is 32.2. The molecule has 0 bridgehead atoms. The SMILES string of the molecule is C1COCC(SCC2CC2)C1. The van der Waals surface area contributed by atoms with Crippen molar-refractivity contribution < 1.29 is 4.74 Å². The molecule has 0 aromatic rings. The minimum atomic E-state index is 0.823. The number of hydrogen-bond donors (Lipinski definition) is 0. The van der Waals surface area contributed by atoms with E-state index < -0.39 is 0 Å². The number of rotatable bonds is 3. The van der Waals surface area contributed by atoms with Gasteiger partial charge in [-0.25, -0.2) is 0 Å². The van der Waals surface area contributed by atoms with Gasteiger partial charge in [-0.05, 0) is 37.4 Å². The first-order valence-corrected chi connectivity index (χ1v) is 5.69. The highest BCUT2D eigenvalue weighted by Crippen LogP contribution is 2.35. The molecule has 1 nitrogen and oxygen atoms in total. The van der Waals surface area contributed by atoms with Crippen LogP contribution in [0.5, 0.6) is 0 Å². The monoisotopic (exact) mass is 172 g/mol. The van der Waals surface area contributed by atoms with Crippen molar-refractivity contribution in [1.82, 2.24) is 0 Å². The first kappa shape index (κ1) is 7.93. The lowest BCUT2D eigenvalue weighted by molar-refractivity contribution is 0.101. The van der Waals surface area contributed by atoms with Crippen LogP contribution in [0.25, 0.3) is 0 Å². The van der Waals surface area contributed by atoms with E-state index in [2.05, 4.69) is 11.8 Å². The third-order valence-corrected chi connectivity index (χ3v) is 3.89. The van der Waals surface area contributed by atoms with Crippen molar-refractivity contribution in [1.29, 1.82) is 0 Å². The zero-order valence-electron chi connectivity index (χ0n) is 6.92. The smallest absolute Gasteiger partial charge is 0.0585 e. The summed E-state index contributed by atoms with van der Waals surface area (Å²) in [5, 5.41) is 0.823. The van der Waals surface area contributed by atoms with Crippen LogP contribution in [0, 0.1) is 5.92 Å². The van der Waals surface area contributed by atoms with Gasteiger partial charge in [-0.1, -0.05) is 0 Å². The van der Waals surface area contributed by atoms with Gasteiger partial charge >= 0.3 is 0 Å². The molecule has 0 radical (unpaired) electrons. The fraction of sp³-hybridized carbons (Fsp3) is 1.00. The molecule has 11 heavy (non-hydrogen) atoms. The van der Waals surface area contributed by atoms with E-state index >= 15 is 0 Å². The molecule has 0 aromatic carbocycles. The Balaban J connectivity index is 1.59. The maximum atomic E-state index is 5.41. The van der Waals surface area contributed by atoms with Crippen LogP contribution in [0.2, 0.25) is 0 Å². The molecule has 2 heteroatoms. The highest BCUT2D eigenvalue weighted by Gasteiger charge is 2.23. The van der Waals surface area contributed by atoms with E-state index in [-0.39, 0.29) is 0 Å². The van der Waals surface area contributed by atoms with E-state index in [1.165, 1.54) is 31.4 Å². The molecule has 0 aromatic heterocycles. The predicted octanol–water partition coefficient (Wildman–Crippen LogP) is 2.31. The minimum absolute atomic E-state index is 0.823. The van der Waals surface area contributed by atoms with Gasteiger partial charge < -0.3 is 4.74 Å². The first-order valence-electron chi connectivity index (χ1n) is 4.64. The molecule has 2 fully saturated rings. The summed E-state index contributed by atoms with van der Waals surface area (Å²) in [6.45, 7) is 2.01. The van der Waals surface area contributed by atoms with Crippen LogP contribution in [-0.4, -0.2) is 24.2 Å². The van der Waals surface area contributed by atoms with Gasteiger partial charge in [0.2, 0.25) is 0 Å². The summed E-state index contributed by atoms with van der Waals surface area (Å²) >= 11 is 2.14. The molecule has 0 spiro atoms. The van der Waals surface area contributed by atoms with Gasteiger partial charge in [-0.15, -0.1) is 0 Å². The molecule has 1 heterocycles. The van der Waals surface area contributed by atoms with Crippen molar-refractivity contribution >= 4 is 11.8 Å². The molecule has 1 saturated heterocycles. The molecule has 0 N–H and O–H groups in total. The van der Waals surface area contributed by atoms with Crippen LogP contribution in [-0.2, 0) is 4.74 Å². The second kappa shape index (κ2) is 3.81. The van der Waals surface area contributed by atoms with Gasteiger partial charge in [0.15, 0.2) is 0 Å². The number of thioether (sulfide) groups is 1. The first-order chi connectivity index (χ1) is 5.45. The summed E-state index contributed by atoms with van der Waals surface area (Å²) in [6, 6.07) is 0. The average molecular weight is 172 g/mol. The molecule has 0 amide bonds. The summed E-state index contributed by atoms with van der Waals surface area (Å²) in [6.07, 6.45) is 5.64. The van der Waals surface area contributed by atoms with E-state index in [1.54, 1.807) is 0 Å². The van der Waals surface area contributed by atoms with Gasteiger partial charge in [0.05, 0.1) is 6.61 Å². The molecular formula is C9H16OS. The molecule has 2 rings (SSSR count). The molecule has 1 atom stereocenters. The topological polar surface area (TPSA) is 9.23 Å². The Bertz CT molecular complexity index is 117. The van der Waals surface area contributed by atoms with E-state index in [0.29, 0.717) is 0 Å². The summed E-state index contributed by atoms with van der Waals surface area (Å²) in [5.41, 5.74) is 0. The summed E-state index contributed by atoms with van der Waals surface area (Å²) in [5.74, 6) is 2.47.